The fourth-order valence-electron chi connectivity index (χ4n) is 5.71. The zero-order chi connectivity index (χ0) is 40.3. The summed E-state index contributed by atoms with van der Waals surface area (Å²) in [4.78, 5) is 33.9. The SMILES string of the molecule is CC/C=C\C/C=C\C/C=C\C/C=C\C/C=C\CCCC(=O)OCC(O)COP(=O)(O)OCCNC(=O)CCCCCCCCCCCCCCCCCCC. The molecule has 1 amide bonds. The fourth-order valence-corrected chi connectivity index (χ4v) is 6.47. The van der Waals surface area contributed by atoms with E-state index in [1.807, 2.05) is 6.08 Å². The van der Waals surface area contributed by atoms with Gasteiger partial charge in [0.2, 0.25) is 5.91 Å². The highest BCUT2D eigenvalue weighted by atomic mass is 31.2. The second-order valence-electron chi connectivity index (χ2n) is 14.3. The first-order chi connectivity index (χ1) is 26.8. The number of esters is 1. The summed E-state index contributed by atoms with van der Waals surface area (Å²) >= 11 is 0. The maximum absolute atomic E-state index is 12.1. The number of aliphatic hydroxyl groups is 1. The Morgan fingerprint density at radius 3 is 1.53 bits per heavy atom. The Morgan fingerprint density at radius 1 is 0.582 bits per heavy atom. The van der Waals surface area contributed by atoms with Crippen LogP contribution in [0.2, 0.25) is 0 Å². The lowest BCUT2D eigenvalue weighted by Gasteiger charge is -2.15. The molecule has 0 aromatic carbocycles. The lowest BCUT2D eigenvalue weighted by Crippen LogP contribution is -2.27. The van der Waals surface area contributed by atoms with Gasteiger partial charge in [-0.1, -0.05) is 177 Å². The van der Waals surface area contributed by atoms with Gasteiger partial charge in [0.1, 0.15) is 12.7 Å². The standard InChI is InChI=1S/C45H80NO8P/c1-3-5-7-9-11-13-15-17-19-21-23-25-27-29-31-33-35-37-44(48)46-39-40-53-55(50,51)54-42-43(47)41-52-45(49)38-36-34-32-30-28-26-24-22-20-18-16-14-12-10-8-6-4-2/h6,8,12,14,18,20,24,26,30,32,43,47H,3-5,7,9-11,13,15-17,19,21-23,25,27-29,31,33-42H2,1-2H3,(H,46,48)(H,50,51)/b8-6-,14-12-,20-18-,26-24-,32-30-. The summed E-state index contributed by atoms with van der Waals surface area (Å²) in [6.07, 6.45) is 48.7. The van der Waals surface area contributed by atoms with Crippen molar-refractivity contribution in [2.45, 2.75) is 187 Å². The second-order valence-corrected chi connectivity index (χ2v) is 15.7. The van der Waals surface area contributed by atoms with Crippen molar-refractivity contribution in [3.05, 3.63) is 60.8 Å². The van der Waals surface area contributed by atoms with Crippen LogP contribution in [0.3, 0.4) is 0 Å². The van der Waals surface area contributed by atoms with Crippen molar-refractivity contribution in [2.75, 3.05) is 26.4 Å². The van der Waals surface area contributed by atoms with Crippen LogP contribution in [0.15, 0.2) is 60.8 Å². The zero-order valence-corrected chi connectivity index (χ0v) is 35.7. The molecular weight excluding hydrogens is 713 g/mol. The molecule has 0 spiro atoms. The highest BCUT2D eigenvalue weighted by molar-refractivity contribution is 7.47. The van der Waals surface area contributed by atoms with Gasteiger partial charge >= 0.3 is 13.8 Å². The Morgan fingerprint density at radius 2 is 1.04 bits per heavy atom. The third-order valence-corrected chi connectivity index (χ3v) is 9.95. The van der Waals surface area contributed by atoms with Crippen molar-refractivity contribution in [3.63, 3.8) is 0 Å². The Hall–Kier alpha value is -2.29. The summed E-state index contributed by atoms with van der Waals surface area (Å²) in [6, 6.07) is 0. The minimum absolute atomic E-state index is 0.0749. The second kappa shape index (κ2) is 41.3. The van der Waals surface area contributed by atoms with E-state index in [2.05, 4.69) is 73.8 Å². The highest BCUT2D eigenvalue weighted by Gasteiger charge is 2.23. The molecule has 0 aliphatic carbocycles. The molecule has 0 saturated heterocycles. The number of hydrogen-bond donors (Lipinski definition) is 3. The summed E-state index contributed by atoms with van der Waals surface area (Å²) in [5.74, 6) is -0.575. The van der Waals surface area contributed by atoms with Crippen LogP contribution >= 0.6 is 7.82 Å². The number of aliphatic hydroxyl groups excluding tert-OH is 1. The highest BCUT2D eigenvalue weighted by Crippen LogP contribution is 2.42. The molecule has 10 heteroatoms. The van der Waals surface area contributed by atoms with Crippen molar-refractivity contribution < 1.29 is 37.9 Å². The molecule has 0 heterocycles. The maximum Gasteiger partial charge on any atom is 0.472 e. The minimum Gasteiger partial charge on any atom is -0.463 e. The fraction of sp³-hybridized carbons (Fsp3) is 0.733. The number of ether oxygens (including phenoxy) is 1. The predicted molar refractivity (Wildman–Crippen MR) is 229 cm³/mol. The average Bonchev–Trinajstić information content (AvgIpc) is 3.17. The molecule has 0 aliphatic rings. The van der Waals surface area contributed by atoms with Crippen LogP contribution in [0.25, 0.3) is 0 Å². The largest absolute Gasteiger partial charge is 0.472 e. The van der Waals surface area contributed by atoms with Crippen molar-refractivity contribution in [3.8, 4) is 0 Å². The average molecular weight is 794 g/mol. The molecule has 3 N–H and O–H groups in total. The van der Waals surface area contributed by atoms with Gasteiger partial charge in [0, 0.05) is 19.4 Å². The lowest BCUT2D eigenvalue weighted by atomic mass is 10.0. The maximum atomic E-state index is 12.1. The summed E-state index contributed by atoms with van der Waals surface area (Å²) in [7, 11) is -4.43. The predicted octanol–water partition coefficient (Wildman–Crippen LogP) is 12.1. The Balaban J connectivity index is 3.67. The number of rotatable bonds is 40. The number of amides is 1. The molecule has 0 radical (unpaired) electrons. The van der Waals surface area contributed by atoms with E-state index in [4.69, 9.17) is 13.8 Å². The molecule has 0 bridgehead atoms. The molecule has 9 nitrogen and oxygen atoms in total. The first kappa shape index (κ1) is 52.7. The Bertz CT molecular complexity index is 1090. The molecule has 0 saturated carbocycles. The Labute approximate surface area is 336 Å². The number of phosphoric acid groups is 1. The molecule has 318 valence electrons. The minimum atomic E-state index is -4.43. The van der Waals surface area contributed by atoms with Crippen LogP contribution in [-0.2, 0) is 27.9 Å². The molecule has 0 aromatic heterocycles. The summed E-state index contributed by atoms with van der Waals surface area (Å²) in [6.45, 7) is 3.38. The number of phosphoric ester groups is 1. The Kier molecular flexibility index (Phi) is 39.6. The molecule has 0 aliphatic heterocycles. The van der Waals surface area contributed by atoms with E-state index >= 15 is 0 Å². The van der Waals surface area contributed by atoms with Crippen LogP contribution in [0.1, 0.15) is 181 Å². The van der Waals surface area contributed by atoms with Crippen molar-refractivity contribution in [1.82, 2.24) is 5.32 Å². The smallest absolute Gasteiger partial charge is 0.463 e. The molecule has 2 unspecified atom stereocenters. The number of unbranched alkanes of at least 4 members (excludes halogenated alkanes) is 17. The molecule has 0 fully saturated rings. The topological polar surface area (TPSA) is 131 Å². The molecule has 0 aromatic rings. The molecule has 0 rings (SSSR count). The summed E-state index contributed by atoms with van der Waals surface area (Å²) < 4.78 is 26.8. The van der Waals surface area contributed by atoms with E-state index < -0.39 is 26.5 Å². The number of allylic oxidation sites excluding steroid dienone is 10. The van der Waals surface area contributed by atoms with Gasteiger partial charge in [0.25, 0.3) is 0 Å². The van der Waals surface area contributed by atoms with E-state index in [1.165, 1.54) is 89.9 Å². The van der Waals surface area contributed by atoms with Gasteiger partial charge in [0.05, 0.1) is 13.2 Å². The quantitative estimate of drug-likeness (QED) is 0.0242. The first-order valence-corrected chi connectivity index (χ1v) is 23.3. The van der Waals surface area contributed by atoms with Gasteiger partial charge < -0.3 is 20.1 Å². The summed E-state index contributed by atoms with van der Waals surface area (Å²) in [5.41, 5.74) is 0. The molecular formula is C45H80NO8P. The van der Waals surface area contributed by atoms with Gasteiger partial charge in [-0.15, -0.1) is 0 Å². The summed E-state index contributed by atoms with van der Waals surface area (Å²) in [5, 5.41) is 12.7. The number of carbonyl (C=O) groups is 2. The van der Waals surface area contributed by atoms with Crippen LogP contribution in [-0.4, -0.2) is 54.3 Å². The van der Waals surface area contributed by atoms with Crippen LogP contribution in [0.4, 0.5) is 0 Å². The van der Waals surface area contributed by atoms with Gasteiger partial charge in [-0.05, 0) is 51.4 Å². The normalized spacial score (nSPS) is 13.9. The third kappa shape index (κ3) is 42.7. The monoisotopic (exact) mass is 794 g/mol. The van der Waals surface area contributed by atoms with Gasteiger partial charge in [-0.25, -0.2) is 4.57 Å². The molecule has 2 atom stereocenters. The number of hydrogen-bond acceptors (Lipinski definition) is 7. The van der Waals surface area contributed by atoms with Gasteiger partial charge in [-0.2, -0.15) is 0 Å². The number of carbonyl (C=O) groups excluding carboxylic acids is 2. The van der Waals surface area contributed by atoms with E-state index in [-0.39, 0.29) is 32.1 Å². The van der Waals surface area contributed by atoms with E-state index in [9.17, 15) is 24.2 Å². The first-order valence-electron chi connectivity index (χ1n) is 21.8. The van der Waals surface area contributed by atoms with E-state index in [0.29, 0.717) is 12.8 Å². The van der Waals surface area contributed by atoms with Crippen molar-refractivity contribution in [1.29, 1.82) is 0 Å². The third-order valence-electron chi connectivity index (χ3n) is 8.96. The van der Waals surface area contributed by atoms with Gasteiger partial charge in [0.15, 0.2) is 0 Å². The van der Waals surface area contributed by atoms with Crippen LogP contribution < -0.4 is 5.32 Å². The van der Waals surface area contributed by atoms with Crippen molar-refractivity contribution >= 4 is 19.7 Å². The zero-order valence-electron chi connectivity index (χ0n) is 34.9. The lowest BCUT2D eigenvalue weighted by molar-refractivity contribution is -0.147. The van der Waals surface area contributed by atoms with E-state index in [1.54, 1.807) is 0 Å². The molecule has 55 heavy (non-hydrogen) atoms. The number of nitrogens with one attached hydrogen (secondary N) is 1. The van der Waals surface area contributed by atoms with E-state index in [0.717, 1.165) is 57.8 Å². The van der Waals surface area contributed by atoms with Crippen molar-refractivity contribution in [2.24, 2.45) is 0 Å². The van der Waals surface area contributed by atoms with Crippen LogP contribution in [0, 0.1) is 0 Å². The van der Waals surface area contributed by atoms with Gasteiger partial charge in [-0.3, -0.25) is 18.6 Å². The van der Waals surface area contributed by atoms with Crippen LogP contribution in [0.5, 0.6) is 0 Å².